The Bertz CT molecular complexity index is 917. The van der Waals surface area contributed by atoms with Crippen molar-refractivity contribution in [3.8, 4) is 0 Å². The van der Waals surface area contributed by atoms with E-state index < -0.39 is 0 Å². The van der Waals surface area contributed by atoms with Crippen LogP contribution in [-0.2, 0) is 4.74 Å². The standard InChI is InChI=1S/C20H19NO3/c22-19(12-8-13-10-23-11-14(9-12)21-13)17-6-3-5-16-15-4-1-2-7-18(15)24-20(16)17/h1-7,12-14,21H,8-11H2. The van der Waals surface area contributed by atoms with Crippen LogP contribution in [0.3, 0.4) is 0 Å². The maximum atomic E-state index is 13.2. The molecule has 2 atom stereocenters. The zero-order chi connectivity index (χ0) is 16.1. The van der Waals surface area contributed by atoms with Gasteiger partial charge in [-0.3, -0.25) is 4.79 Å². The summed E-state index contributed by atoms with van der Waals surface area (Å²) in [6.45, 7) is 1.41. The van der Waals surface area contributed by atoms with Gasteiger partial charge >= 0.3 is 0 Å². The summed E-state index contributed by atoms with van der Waals surface area (Å²) in [6.07, 6.45) is 1.68. The number of hydrogen-bond donors (Lipinski definition) is 1. The summed E-state index contributed by atoms with van der Waals surface area (Å²) >= 11 is 0. The van der Waals surface area contributed by atoms with E-state index in [2.05, 4.69) is 5.32 Å². The number of benzene rings is 2. The molecule has 2 aromatic carbocycles. The fourth-order valence-electron chi connectivity index (χ4n) is 4.21. The quantitative estimate of drug-likeness (QED) is 0.734. The number of ether oxygens (including phenoxy) is 1. The third kappa shape index (κ3) is 2.18. The van der Waals surface area contributed by atoms with Gasteiger partial charge < -0.3 is 14.5 Å². The SMILES string of the molecule is O=C(c1cccc2c1oc1ccccc12)C1CC2COCC(C1)N2. The molecule has 3 aromatic rings. The Kier molecular flexibility index (Phi) is 3.21. The first-order valence-corrected chi connectivity index (χ1v) is 8.58. The van der Waals surface area contributed by atoms with Crippen LogP contribution in [0, 0.1) is 5.92 Å². The summed E-state index contributed by atoms with van der Waals surface area (Å²) in [6, 6.07) is 14.4. The minimum absolute atomic E-state index is 0.0453. The second-order valence-corrected chi connectivity index (χ2v) is 6.91. The van der Waals surface area contributed by atoms with Gasteiger partial charge in [0.25, 0.3) is 0 Å². The van der Waals surface area contributed by atoms with Gasteiger partial charge in [-0.05, 0) is 25.0 Å². The average molecular weight is 321 g/mol. The Morgan fingerprint density at radius 2 is 1.71 bits per heavy atom. The van der Waals surface area contributed by atoms with Crippen molar-refractivity contribution in [3.05, 3.63) is 48.0 Å². The number of furan rings is 1. The van der Waals surface area contributed by atoms with Crippen molar-refractivity contribution in [3.63, 3.8) is 0 Å². The fourth-order valence-corrected chi connectivity index (χ4v) is 4.21. The second kappa shape index (κ2) is 5.43. The molecule has 2 aliphatic heterocycles. The van der Waals surface area contributed by atoms with Gasteiger partial charge in [-0.25, -0.2) is 0 Å². The number of nitrogens with one attached hydrogen (secondary N) is 1. The number of Topliss-reactive ketones (excluding diaryl/α,β-unsaturated/α-hetero) is 1. The summed E-state index contributed by atoms with van der Waals surface area (Å²) in [4.78, 5) is 13.2. The molecular weight excluding hydrogens is 302 g/mol. The maximum Gasteiger partial charge on any atom is 0.169 e. The van der Waals surface area contributed by atoms with Crippen LogP contribution in [0.4, 0.5) is 0 Å². The minimum atomic E-state index is 0.0453. The Balaban J connectivity index is 1.57. The molecule has 3 heterocycles. The van der Waals surface area contributed by atoms with E-state index in [9.17, 15) is 4.79 Å². The number of hydrogen-bond acceptors (Lipinski definition) is 4. The third-order valence-electron chi connectivity index (χ3n) is 5.29. The lowest BCUT2D eigenvalue weighted by Gasteiger charge is -2.39. The molecule has 0 amide bonds. The highest BCUT2D eigenvalue weighted by molar-refractivity contribution is 6.14. The highest BCUT2D eigenvalue weighted by atomic mass is 16.5. The Morgan fingerprint density at radius 1 is 0.958 bits per heavy atom. The van der Waals surface area contributed by atoms with Crippen LogP contribution in [0.15, 0.2) is 46.9 Å². The van der Waals surface area contributed by atoms with Gasteiger partial charge in [-0.2, -0.15) is 0 Å². The van der Waals surface area contributed by atoms with Gasteiger partial charge in [-0.15, -0.1) is 0 Å². The van der Waals surface area contributed by atoms with E-state index in [1.165, 1.54) is 0 Å². The molecule has 4 heteroatoms. The largest absolute Gasteiger partial charge is 0.455 e. The Labute approximate surface area is 139 Å². The van der Waals surface area contributed by atoms with E-state index >= 15 is 0 Å². The van der Waals surface area contributed by atoms with Crippen LogP contribution in [-0.4, -0.2) is 31.1 Å². The van der Waals surface area contributed by atoms with Crippen molar-refractivity contribution in [1.82, 2.24) is 5.32 Å². The van der Waals surface area contributed by atoms with Gasteiger partial charge in [0, 0.05) is 28.8 Å². The monoisotopic (exact) mass is 321 g/mol. The van der Waals surface area contributed by atoms with Crippen molar-refractivity contribution >= 4 is 27.7 Å². The zero-order valence-corrected chi connectivity index (χ0v) is 13.3. The first kappa shape index (κ1) is 14.2. The fraction of sp³-hybridized carbons (Fsp3) is 0.350. The van der Waals surface area contributed by atoms with Gasteiger partial charge in [0.05, 0.1) is 18.8 Å². The first-order chi connectivity index (χ1) is 11.8. The number of para-hydroxylation sites is 2. The predicted molar refractivity (Wildman–Crippen MR) is 92.3 cm³/mol. The predicted octanol–water partition coefficient (Wildman–Crippen LogP) is 3.54. The topological polar surface area (TPSA) is 51.5 Å². The summed E-state index contributed by atoms with van der Waals surface area (Å²) < 4.78 is 11.6. The molecule has 0 aliphatic carbocycles. The third-order valence-corrected chi connectivity index (χ3v) is 5.29. The molecule has 1 N–H and O–H groups in total. The first-order valence-electron chi connectivity index (χ1n) is 8.58. The molecule has 2 unspecified atom stereocenters. The molecule has 1 aromatic heterocycles. The smallest absolute Gasteiger partial charge is 0.169 e. The van der Waals surface area contributed by atoms with Crippen LogP contribution in [0.5, 0.6) is 0 Å². The Morgan fingerprint density at radius 3 is 2.54 bits per heavy atom. The van der Waals surface area contributed by atoms with Crippen molar-refractivity contribution in [2.75, 3.05) is 13.2 Å². The molecule has 2 bridgehead atoms. The van der Waals surface area contributed by atoms with E-state index in [0.717, 1.165) is 40.3 Å². The molecule has 0 spiro atoms. The second-order valence-electron chi connectivity index (χ2n) is 6.91. The number of rotatable bonds is 2. The highest BCUT2D eigenvalue weighted by Gasteiger charge is 2.36. The molecule has 24 heavy (non-hydrogen) atoms. The molecule has 2 aliphatic rings. The number of piperidine rings is 1. The zero-order valence-electron chi connectivity index (χ0n) is 13.3. The maximum absolute atomic E-state index is 13.2. The normalized spacial score (nSPS) is 26.8. The highest BCUT2D eigenvalue weighted by Crippen LogP contribution is 2.34. The molecule has 0 radical (unpaired) electrons. The lowest BCUT2D eigenvalue weighted by molar-refractivity contribution is 0.00954. The number of ketones is 1. The molecule has 4 nitrogen and oxygen atoms in total. The van der Waals surface area contributed by atoms with E-state index in [4.69, 9.17) is 9.15 Å². The van der Waals surface area contributed by atoms with Crippen molar-refractivity contribution in [2.24, 2.45) is 5.92 Å². The van der Waals surface area contributed by atoms with Crippen LogP contribution in [0.1, 0.15) is 23.2 Å². The van der Waals surface area contributed by atoms with Crippen LogP contribution >= 0.6 is 0 Å². The molecule has 5 rings (SSSR count). The molecule has 2 fully saturated rings. The lowest BCUT2D eigenvalue weighted by atomic mass is 9.82. The van der Waals surface area contributed by atoms with E-state index in [-0.39, 0.29) is 11.7 Å². The molecule has 122 valence electrons. The van der Waals surface area contributed by atoms with Crippen molar-refractivity contribution < 1.29 is 13.9 Å². The Hall–Kier alpha value is -2.17. The van der Waals surface area contributed by atoms with E-state index in [0.29, 0.717) is 25.3 Å². The molecule has 0 saturated carbocycles. The summed E-state index contributed by atoms with van der Waals surface area (Å²) in [7, 11) is 0. The lowest BCUT2D eigenvalue weighted by Crippen LogP contribution is -2.55. The number of fused-ring (bicyclic) bond motifs is 5. The molecular formula is C20H19NO3. The average Bonchev–Trinajstić information content (AvgIpc) is 2.99. The minimum Gasteiger partial charge on any atom is -0.455 e. The molecule has 2 saturated heterocycles. The van der Waals surface area contributed by atoms with Crippen LogP contribution in [0.2, 0.25) is 0 Å². The van der Waals surface area contributed by atoms with Crippen LogP contribution in [0.25, 0.3) is 21.9 Å². The summed E-state index contributed by atoms with van der Waals surface area (Å²) in [5.74, 6) is 0.252. The van der Waals surface area contributed by atoms with Crippen LogP contribution < -0.4 is 5.32 Å². The van der Waals surface area contributed by atoms with Gasteiger partial charge in [0.15, 0.2) is 5.78 Å². The van der Waals surface area contributed by atoms with Crippen molar-refractivity contribution in [2.45, 2.75) is 24.9 Å². The van der Waals surface area contributed by atoms with Gasteiger partial charge in [0.2, 0.25) is 0 Å². The van der Waals surface area contributed by atoms with Crippen molar-refractivity contribution in [1.29, 1.82) is 0 Å². The summed E-state index contributed by atoms with van der Waals surface area (Å²) in [5.41, 5.74) is 2.28. The van der Waals surface area contributed by atoms with E-state index in [1.807, 2.05) is 42.5 Å². The van der Waals surface area contributed by atoms with E-state index in [1.54, 1.807) is 0 Å². The number of carbonyl (C=O) groups is 1. The van der Waals surface area contributed by atoms with Gasteiger partial charge in [0.1, 0.15) is 11.2 Å². The number of morpholine rings is 1. The number of carbonyl (C=O) groups excluding carboxylic acids is 1. The summed E-state index contributed by atoms with van der Waals surface area (Å²) in [5, 5.41) is 5.64. The van der Waals surface area contributed by atoms with Gasteiger partial charge in [-0.1, -0.05) is 30.3 Å².